The van der Waals surface area contributed by atoms with Gasteiger partial charge < -0.3 is 10.4 Å². The Morgan fingerprint density at radius 3 is 2.88 bits per heavy atom. The largest absolute Gasteiger partial charge is 0.389 e. The molecule has 1 aliphatic rings. The van der Waals surface area contributed by atoms with Gasteiger partial charge in [0.15, 0.2) is 0 Å². The average Bonchev–Trinajstić information content (AvgIpc) is 2.50. The number of aliphatic hydroxyl groups is 1. The van der Waals surface area contributed by atoms with E-state index < -0.39 is 5.60 Å². The average molecular weight is 302 g/mol. The first-order valence-corrected chi connectivity index (χ1v) is 6.84. The summed E-state index contributed by atoms with van der Waals surface area (Å²) in [4.78, 5) is 0. The van der Waals surface area contributed by atoms with Gasteiger partial charge in [-0.2, -0.15) is 5.10 Å². The number of hydrogen-bond donors (Lipinski definition) is 2. The van der Waals surface area contributed by atoms with Crippen LogP contribution in [0.1, 0.15) is 24.7 Å². The topological polar surface area (TPSA) is 50.1 Å². The second-order valence-corrected chi connectivity index (χ2v) is 5.90. The summed E-state index contributed by atoms with van der Waals surface area (Å²) in [7, 11) is 1.93. The van der Waals surface area contributed by atoms with E-state index in [1.807, 2.05) is 18.7 Å². The maximum absolute atomic E-state index is 10.7. The summed E-state index contributed by atoms with van der Waals surface area (Å²) in [6, 6.07) is 0. The van der Waals surface area contributed by atoms with E-state index in [9.17, 15) is 5.11 Å². The maximum Gasteiger partial charge on any atom is 0.0752 e. The molecule has 96 valence electrons. The fourth-order valence-corrected chi connectivity index (χ4v) is 2.96. The van der Waals surface area contributed by atoms with E-state index in [-0.39, 0.29) is 5.92 Å². The first kappa shape index (κ1) is 13.1. The molecule has 2 atom stereocenters. The van der Waals surface area contributed by atoms with Crippen molar-refractivity contribution < 1.29 is 5.11 Å². The molecule has 1 aliphatic heterocycles. The summed E-state index contributed by atoms with van der Waals surface area (Å²) in [5.74, 6) is 0.262. The van der Waals surface area contributed by atoms with Crippen molar-refractivity contribution in [3.8, 4) is 0 Å². The third kappa shape index (κ3) is 2.41. The van der Waals surface area contributed by atoms with Gasteiger partial charge in [-0.1, -0.05) is 6.92 Å². The zero-order chi connectivity index (χ0) is 12.6. The number of halogens is 1. The van der Waals surface area contributed by atoms with Crippen LogP contribution in [0.2, 0.25) is 0 Å². The van der Waals surface area contributed by atoms with Gasteiger partial charge in [-0.05, 0) is 41.7 Å². The summed E-state index contributed by atoms with van der Waals surface area (Å²) < 4.78 is 2.89. The van der Waals surface area contributed by atoms with Gasteiger partial charge in [0.2, 0.25) is 0 Å². The predicted molar refractivity (Wildman–Crippen MR) is 70.9 cm³/mol. The molecule has 0 bridgehead atoms. The quantitative estimate of drug-likeness (QED) is 0.868. The highest BCUT2D eigenvalue weighted by Gasteiger charge is 2.37. The molecule has 2 heterocycles. The SMILES string of the molecule is Cc1nn(C)c(CC2(O)CCNCC2C)c1Br. The Bertz CT molecular complexity index is 418. The Morgan fingerprint density at radius 2 is 2.35 bits per heavy atom. The maximum atomic E-state index is 10.7. The van der Waals surface area contributed by atoms with E-state index in [1.165, 1.54) is 0 Å². The highest BCUT2D eigenvalue weighted by Crippen LogP contribution is 2.31. The van der Waals surface area contributed by atoms with E-state index in [2.05, 4.69) is 33.3 Å². The molecule has 1 saturated heterocycles. The standard InChI is InChI=1S/C12H20BrN3O/c1-8-7-14-5-4-12(8,17)6-10-11(13)9(2)15-16(10)3/h8,14,17H,4-7H2,1-3H3. The summed E-state index contributed by atoms with van der Waals surface area (Å²) in [5, 5.41) is 18.4. The number of nitrogens with one attached hydrogen (secondary N) is 1. The molecule has 5 heteroatoms. The van der Waals surface area contributed by atoms with Crippen molar-refractivity contribution in [2.24, 2.45) is 13.0 Å². The summed E-state index contributed by atoms with van der Waals surface area (Å²) in [6.45, 7) is 5.84. The lowest BCUT2D eigenvalue weighted by atomic mass is 9.79. The minimum Gasteiger partial charge on any atom is -0.389 e. The molecule has 2 N–H and O–H groups in total. The second-order valence-electron chi connectivity index (χ2n) is 5.11. The molecule has 4 nitrogen and oxygen atoms in total. The number of aryl methyl sites for hydroxylation is 2. The minimum absolute atomic E-state index is 0.262. The molecule has 1 aromatic heterocycles. The van der Waals surface area contributed by atoms with Gasteiger partial charge in [0.1, 0.15) is 0 Å². The van der Waals surface area contributed by atoms with Gasteiger partial charge in [0, 0.05) is 20.0 Å². The van der Waals surface area contributed by atoms with Gasteiger partial charge in [-0.15, -0.1) is 0 Å². The van der Waals surface area contributed by atoms with Crippen LogP contribution in [0.3, 0.4) is 0 Å². The fourth-order valence-electron chi connectivity index (χ4n) is 2.48. The second kappa shape index (κ2) is 4.71. The molecule has 1 aromatic rings. The summed E-state index contributed by atoms with van der Waals surface area (Å²) >= 11 is 3.56. The van der Waals surface area contributed by atoms with Crippen LogP contribution in [-0.2, 0) is 13.5 Å². The van der Waals surface area contributed by atoms with Crippen LogP contribution in [0.5, 0.6) is 0 Å². The molecule has 0 amide bonds. The van der Waals surface area contributed by atoms with Crippen molar-refractivity contribution in [2.45, 2.75) is 32.3 Å². The number of aromatic nitrogens is 2. The van der Waals surface area contributed by atoms with Crippen LogP contribution in [0, 0.1) is 12.8 Å². The van der Waals surface area contributed by atoms with Crippen LogP contribution in [-0.4, -0.2) is 33.6 Å². The third-order valence-electron chi connectivity index (χ3n) is 3.84. The Balaban J connectivity index is 2.24. The number of hydrogen-bond acceptors (Lipinski definition) is 3. The summed E-state index contributed by atoms with van der Waals surface area (Å²) in [5.41, 5.74) is 1.44. The molecule has 0 spiro atoms. The van der Waals surface area contributed by atoms with Crippen LogP contribution in [0.25, 0.3) is 0 Å². The van der Waals surface area contributed by atoms with Crippen LogP contribution >= 0.6 is 15.9 Å². The fraction of sp³-hybridized carbons (Fsp3) is 0.750. The van der Waals surface area contributed by atoms with E-state index in [0.29, 0.717) is 6.42 Å². The Labute approximate surface area is 111 Å². The molecule has 1 fully saturated rings. The molecule has 0 saturated carbocycles. The first-order chi connectivity index (χ1) is 7.94. The van der Waals surface area contributed by atoms with Crippen molar-refractivity contribution in [1.82, 2.24) is 15.1 Å². The highest BCUT2D eigenvalue weighted by atomic mass is 79.9. The molecule has 0 aromatic carbocycles. The monoisotopic (exact) mass is 301 g/mol. The van der Waals surface area contributed by atoms with Crippen molar-refractivity contribution in [3.05, 3.63) is 15.9 Å². The smallest absolute Gasteiger partial charge is 0.0752 e. The third-order valence-corrected chi connectivity index (χ3v) is 4.87. The van der Waals surface area contributed by atoms with Crippen molar-refractivity contribution in [3.63, 3.8) is 0 Å². The van der Waals surface area contributed by atoms with E-state index in [4.69, 9.17) is 0 Å². The van der Waals surface area contributed by atoms with Gasteiger partial charge in [0.25, 0.3) is 0 Å². The number of nitrogens with zero attached hydrogens (tertiary/aromatic N) is 2. The Kier molecular flexibility index (Phi) is 3.61. The van der Waals surface area contributed by atoms with Gasteiger partial charge in [-0.25, -0.2) is 0 Å². The van der Waals surface area contributed by atoms with Gasteiger partial charge in [-0.3, -0.25) is 4.68 Å². The normalized spacial score (nSPS) is 29.6. The highest BCUT2D eigenvalue weighted by molar-refractivity contribution is 9.10. The molecule has 17 heavy (non-hydrogen) atoms. The van der Waals surface area contributed by atoms with Crippen molar-refractivity contribution >= 4 is 15.9 Å². The molecule has 0 aliphatic carbocycles. The predicted octanol–water partition coefficient (Wildman–Crippen LogP) is 1.39. The lowest BCUT2D eigenvalue weighted by molar-refractivity contribution is -0.0344. The molecule has 2 rings (SSSR count). The zero-order valence-corrected chi connectivity index (χ0v) is 12.2. The van der Waals surface area contributed by atoms with Crippen LogP contribution in [0.4, 0.5) is 0 Å². The van der Waals surface area contributed by atoms with Gasteiger partial charge in [0.05, 0.1) is 21.5 Å². The van der Waals surface area contributed by atoms with Gasteiger partial charge >= 0.3 is 0 Å². The zero-order valence-electron chi connectivity index (χ0n) is 10.6. The lowest BCUT2D eigenvalue weighted by Crippen LogP contribution is -2.50. The molecular weight excluding hydrogens is 282 g/mol. The minimum atomic E-state index is -0.617. The van der Waals surface area contributed by atoms with E-state index in [0.717, 1.165) is 35.4 Å². The Hall–Kier alpha value is -0.390. The lowest BCUT2D eigenvalue weighted by Gasteiger charge is -2.38. The Morgan fingerprint density at radius 1 is 1.65 bits per heavy atom. The molecular formula is C12H20BrN3O. The van der Waals surface area contributed by atoms with E-state index in [1.54, 1.807) is 0 Å². The van der Waals surface area contributed by atoms with Crippen LogP contribution in [0.15, 0.2) is 4.47 Å². The molecule has 2 unspecified atom stereocenters. The number of rotatable bonds is 2. The van der Waals surface area contributed by atoms with E-state index >= 15 is 0 Å². The first-order valence-electron chi connectivity index (χ1n) is 6.05. The molecule has 0 radical (unpaired) electrons. The van der Waals surface area contributed by atoms with Crippen molar-refractivity contribution in [2.75, 3.05) is 13.1 Å². The van der Waals surface area contributed by atoms with Crippen molar-refractivity contribution in [1.29, 1.82) is 0 Å². The summed E-state index contributed by atoms with van der Waals surface area (Å²) in [6.07, 6.45) is 1.46. The number of piperidine rings is 1. The van der Waals surface area contributed by atoms with Crippen LogP contribution < -0.4 is 5.32 Å².